The molecule has 1 aromatic rings. The van der Waals surface area contributed by atoms with Gasteiger partial charge in [0.05, 0.1) is 6.33 Å². The van der Waals surface area contributed by atoms with Crippen LogP contribution in [0.15, 0.2) is 18.7 Å². The van der Waals surface area contributed by atoms with Crippen molar-refractivity contribution < 1.29 is 4.79 Å². The lowest BCUT2D eigenvalue weighted by molar-refractivity contribution is -0.122. The number of rotatable bonds is 4. The van der Waals surface area contributed by atoms with Gasteiger partial charge in [-0.15, -0.1) is 24.8 Å². The molecule has 0 radical (unpaired) electrons. The van der Waals surface area contributed by atoms with Crippen molar-refractivity contribution in [3.8, 4) is 0 Å². The van der Waals surface area contributed by atoms with Crippen molar-refractivity contribution in [3.05, 3.63) is 18.7 Å². The first-order valence-electron chi connectivity index (χ1n) is 5.80. The number of nitrogens with zero attached hydrogens (tertiary/aromatic N) is 2. The van der Waals surface area contributed by atoms with Gasteiger partial charge in [-0.25, -0.2) is 4.98 Å². The van der Waals surface area contributed by atoms with Crippen molar-refractivity contribution in [2.45, 2.75) is 31.8 Å². The lowest BCUT2D eigenvalue weighted by Gasteiger charge is -2.23. The highest BCUT2D eigenvalue weighted by atomic mass is 35.5. The summed E-state index contributed by atoms with van der Waals surface area (Å²) in [7, 11) is 0. The molecule has 2 heterocycles. The van der Waals surface area contributed by atoms with E-state index in [0.29, 0.717) is 19.0 Å². The van der Waals surface area contributed by atoms with Gasteiger partial charge in [0.15, 0.2) is 0 Å². The number of hydrogen-bond acceptors (Lipinski definition) is 3. The molecule has 2 N–H and O–H groups in total. The minimum absolute atomic E-state index is 0. The zero-order valence-electron chi connectivity index (χ0n) is 10.2. The van der Waals surface area contributed by atoms with Crippen LogP contribution in [-0.2, 0) is 11.3 Å². The average molecular weight is 295 g/mol. The van der Waals surface area contributed by atoms with E-state index in [9.17, 15) is 4.79 Å². The SMILES string of the molecule is Cl.Cl.O=C(CCn1ccnc1)N[C@H]1CCCNC1. The molecular formula is C11H20Cl2N4O. The van der Waals surface area contributed by atoms with Gasteiger partial charge < -0.3 is 15.2 Å². The van der Waals surface area contributed by atoms with Crippen molar-refractivity contribution in [2.24, 2.45) is 0 Å². The third-order valence-corrected chi connectivity index (χ3v) is 2.82. The zero-order valence-corrected chi connectivity index (χ0v) is 11.8. The van der Waals surface area contributed by atoms with Gasteiger partial charge in [0, 0.05) is 37.9 Å². The molecule has 18 heavy (non-hydrogen) atoms. The largest absolute Gasteiger partial charge is 0.352 e. The van der Waals surface area contributed by atoms with E-state index in [1.165, 1.54) is 0 Å². The number of piperidine rings is 1. The number of imidazole rings is 1. The zero-order chi connectivity index (χ0) is 11.2. The normalized spacial score (nSPS) is 18.3. The minimum atomic E-state index is 0. The summed E-state index contributed by atoms with van der Waals surface area (Å²) in [4.78, 5) is 15.6. The summed E-state index contributed by atoms with van der Waals surface area (Å²) in [6.45, 7) is 2.67. The Labute approximate surface area is 120 Å². The number of aromatic nitrogens is 2. The second kappa shape index (κ2) is 9.19. The Balaban J connectivity index is 0.00000144. The van der Waals surface area contributed by atoms with Crippen LogP contribution >= 0.6 is 24.8 Å². The van der Waals surface area contributed by atoms with Gasteiger partial charge in [-0.1, -0.05) is 0 Å². The van der Waals surface area contributed by atoms with E-state index in [-0.39, 0.29) is 30.7 Å². The Bertz CT molecular complexity index is 326. The number of amides is 1. The Hall–Kier alpha value is -0.780. The highest BCUT2D eigenvalue weighted by molar-refractivity contribution is 5.85. The van der Waals surface area contributed by atoms with Crippen molar-refractivity contribution in [2.75, 3.05) is 13.1 Å². The van der Waals surface area contributed by atoms with E-state index in [1.54, 1.807) is 12.5 Å². The molecule has 0 aromatic carbocycles. The predicted octanol–water partition coefficient (Wildman–Crippen LogP) is 0.985. The smallest absolute Gasteiger partial charge is 0.222 e. The molecule has 2 rings (SSSR count). The van der Waals surface area contributed by atoms with E-state index in [2.05, 4.69) is 15.6 Å². The quantitative estimate of drug-likeness (QED) is 0.871. The number of aryl methyl sites for hydroxylation is 1. The standard InChI is InChI=1S/C11H18N4O.2ClH/c16-11(3-6-15-7-5-13-9-15)14-10-2-1-4-12-8-10;;/h5,7,9-10,12H,1-4,6,8H2,(H,14,16);2*1H/t10-;;/m0../s1. The monoisotopic (exact) mass is 294 g/mol. The van der Waals surface area contributed by atoms with Crippen LogP contribution in [0.25, 0.3) is 0 Å². The van der Waals surface area contributed by atoms with Crippen LogP contribution in [0, 0.1) is 0 Å². The van der Waals surface area contributed by atoms with Gasteiger partial charge in [0.1, 0.15) is 0 Å². The lowest BCUT2D eigenvalue weighted by Crippen LogP contribution is -2.45. The van der Waals surface area contributed by atoms with Gasteiger partial charge in [-0.05, 0) is 19.4 Å². The highest BCUT2D eigenvalue weighted by Crippen LogP contribution is 2.01. The van der Waals surface area contributed by atoms with Gasteiger partial charge in [0.2, 0.25) is 5.91 Å². The van der Waals surface area contributed by atoms with Crippen molar-refractivity contribution >= 4 is 30.7 Å². The molecule has 0 aliphatic carbocycles. The van der Waals surface area contributed by atoms with Crippen LogP contribution < -0.4 is 10.6 Å². The second-order valence-corrected chi connectivity index (χ2v) is 4.16. The first kappa shape index (κ1) is 17.2. The summed E-state index contributed by atoms with van der Waals surface area (Å²) in [5, 5.41) is 6.33. The fraction of sp³-hybridized carbons (Fsp3) is 0.636. The molecule has 104 valence electrons. The fourth-order valence-corrected chi connectivity index (χ4v) is 1.92. The summed E-state index contributed by atoms with van der Waals surface area (Å²) >= 11 is 0. The van der Waals surface area contributed by atoms with Crippen molar-refractivity contribution in [3.63, 3.8) is 0 Å². The van der Waals surface area contributed by atoms with Crippen molar-refractivity contribution in [1.29, 1.82) is 0 Å². The molecule has 1 aliphatic rings. The van der Waals surface area contributed by atoms with E-state index in [4.69, 9.17) is 0 Å². The molecule has 0 saturated carbocycles. The molecule has 1 saturated heterocycles. The fourth-order valence-electron chi connectivity index (χ4n) is 1.92. The Morgan fingerprint density at radius 1 is 1.50 bits per heavy atom. The maximum Gasteiger partial charge on any atom is 0.222 e. The predicted molar refractivity (Wildman–Crippen MR) is 75.4 cm³/mol. The Morgan fingerprint density at radius 2 is 2.33 bits per heavy atom. The van der Waals surface area contributed by atoms with E-state index >= 15 is 0 Å². The molecule has 1 aliphatic heterocycles. The molecule has 0 unspecified atom stereocenters. The lowest BCUT2D eigenvalue weighted by atomic mass is 10.1. The van der Waals surface area contributed by atoms with Crippen LogP contribution in [0.5, 0.6) is 0 Å². The van der Waals surface area contributed by atoms with Gasteiger partial charge in [0.25, 0.3) is 0 Å². The maximum atomic E-state index is 11.6. The molecule has 7 heteroatoms. The van der Waals surface area contributed by atoms with E-state index in [1.807, 2.05) is 10.8 Å². The van der Waals surface area contributed by atoms with E-state index in [0.717, 1.165) is 25.9 Å². The summed E-state index contributed by atoms with van der Waals surface area (Å²) < 4.78 is 1.92. The van der Waals surface area contributed by atoms with E-state index < -0.39 is 0 Å². The Kier molecular flexibility index (Phi) is 8.79. The molecular weight excluding hydrogens is 275 g/mol. The molecule has 1 fully saturated rings. The third kappa shape index (κ3) is 5.71. The topological polar surface area (TPSA) is 59.0 Å². The second-order valence-electron chi connectivity index (χ2n) is 4.16. The Morgan fingerprint density at radius 3 is 2.94 bits per heavy atom. The number of halogens is 2. The first-order valence-corrected chi connectivity index (χ1v) is 5.80. The van der Waals surface area contributed by atoms with Gasteiger partial charge >= 0.3 is 0 Å². The molecule has 0 spiro atoms. The maximum absolute atomic E-state index is 11.6. The number of hydrogen-bond donors (Lipinski definition) is 2. The van der Waals surface area contributed by atoms with Crippen molar-refractivity contribution in [1.82, 2.24) is 20.2 Å². The van der Waals surface area contributed by atoms with Gasteiger partial charge in [-0.3, -0.25) is 4.79 Å². The molecule has 5 nitrogen and oxygen atoms in total. The summed E-state index contributed by atoms with van der Waals surface area (Å²) in [6.07, 6.45) is 8.08. The van der Waals surface area contributed by atoms with Crippen LogP contribution in [0.4, 0.5) is 0 Å². The highest BCUT2D eigenvalue weighted by Gasteiger charge is 2.14. The molecule has 1 amide bonds. The molecule has 1 atom stereocenters. The summed E-state index contributed by atoms with van der Waals surface area (Å²) in [5.41, 5.74) is 0. The third-order valence-electron chi connectivity index (χ3n) is 2.82. The van der Waals surface area contributed by atoms with Crippen LogP contribution in [-0.4, -0.2) is 34.6 Å². The molecule has 0 bridgehead atoms. The number of carbonyl (C=O) groups is 1. The average Bonchev–Trinajstić information content (AvgIpc) is 2.81. The summed E-state index contributed by atoms with van der Waals surface area (Å²) in [5.74, 6) is 0.127. The minimum Gasteiger partial charge on any atom is -0.352 e. The van der Waals surface area contributed by atoms with Crippen LogP contribution in [0.3, 0.4) is 0 Å². The number of nitrogens with one attached hydrogen (secondary N) is 2. The number of carbonyl (C=O) groups excluding carboxylic acids is 1. The van der Waals surface area contributed by atoms with Crippen LogP contribution in [0.2, 0.25) is 0 Å². The van der Waals surface area contributed by atoms with Gasteiger partial charge in [-0.2, -0.15) is 0 Å². The summed E-state index contributed by atoms with van der Waals surface area (Å²) in [6, 6.07) is 0.309. The molecule has 1 aromatic heterocycles. The van der Waals surface area contributed by atoms with Crippen LogP contribution in [0.1, 0.15) is 19.3 Å². The first-order chi connectivity index (χ1) is 7.84.